The Kier molecular flexibility index (Phi) is 5.32. The van der Waals surface area contributed by atoms with Crippen LogP contribution in [0.1, 0.15) is 49.4 Å². The van der Waals surface area contributed by atoms with Crippen molar-refractivity contribution in [2.24, 2.45) is 5.41 Å². The Bertz CT molecular complexity index is 727. The van der Waals surface area contributed by atoms with E-state index in [4.69, 9.17) is 9.47 Å². The molecule has 6 nitrogen and oxygen atoms in total. The van der Waals surface area contributed by atoms with E-state index in [9.17, 15) is 9.59 Å². The number of hydrogen-bond donors (Lipinski definition) is 0. The number of benzene rings is 1. The number of carbonyl (C=O) groups is 2. The summed E-state index contributed by atoms with van der Waals surface area (Å²) in [6.07, 6.45) is 5.17. The molecule has 0 radical (unpaired) electrons. The third-order valence-electron chi connectivity index (χ3n) is 6.61. The highest BCUT2D eigenvalue weighted by Crippen LogP contribution is 2.49. The summed E-state index contributed by atoms with van der Waals surface area (Å²) in [5, 5.41) is 0. The number of likely N-dealkylation sites (tertiary alicyclic amines) is 2. The zero-order valence-corrected chi connectivity index (χ0v) is 16.9. The Morgan fingerprint density at radius 2 is 1.93 bits per heavy atom. The van der Waals surface area contributed by atoms with E-state index in [2.05, 4.69) is 0 Å². The van der Waals surface area contributed by atoms with Crippen LogP contribution in [-0.4, -0.2) is 67.1 Å². The van der Waals surface area contributed by atoms with Crippen LogP contribution in [0.5, 0.6) is 5.75 Å². The number of methoxy groups -OCH3 is 1. The van der Waals surface area contributed by atoms with Crippen LogP contribution in [0.2, 0.25) is 0 Å². The second kappa shape index (κ2) is 7.74. The van der Waals surface area contributed by atoms with Crippen molar-refractivity contribution in [3.8, 4) is 5.75 Å². The van der Waals surface area contributed by atoms with Gasteiger partial charge in [-0.15, -0.1) is 0 Å². The van der Waals surface area contributed by atoms with E-state index in [1.54, 1.807) is 36.3 Å². The molecule has 1 spiro atoms. The Labute approximate surface area is 166 Å². The second-order valence-corrected chi connectivity index (χ2v) is 8.38. The number of ether oxygens (including phenoxy) is 2. The van der Waals surface area contributed by atoms with E-state index in [0.717, 1.165) is 57.6 Å². The van der Waals surface area contributed by atoms with Gasteiger partial charge in [0.15, 0.2) is 0 Å². The van der Waals surface area contributed by atoms with Crippen molar-refractivity contribution in [2.75, 3.05) is 33.4 Å². The number of carbonyl (C=O) groups excluding carboxylic acids is 2. The summed E-state index contributed by atoms with van der Waals surface area (Å²) < 4.78 is 10.9. The van der Waals surface area contributed by atoms with Gasteiger partial charge in [-0.2, -0.15) is 0 Å². The number of nitrogens with zero attached hydrogens (tertiary/aromatic N) is 2. The van der Waals surface area contributed by atoms with Crippen LogP contribution in [-0.2, 0) is 9.53 Å². The first-order valence-electron chi connectivity index (χ1n) is 10.4. The van der Waals surface area contributed by atoms with Crippen molar-refractivity contribution < 1.29 is 19.1 Å². The van der Waals surface area contributed by atoms with E-state index >= 15 is 0 Å². The third-order valence-corrected chi connectivity index (χ3v) is 6.61. The van der Waals surface area contributed by atoms with Crippen molar-refractivity contribution in [3.05, 3.63) is 29.8 Å². The van der Waals surface area contributed by atoms with Crippen molar-refractivity contribution >= 4 is 11.8 Å². The van der Waals surface area contributed by atoms with E-state index in [-0.39, 0.29) is 23.3 Å². The third kappa shape index (κ3) is 3.50. The molecule has 6 heteroatoms. The van der Waals surface area contributed by atoms with Gasteiger partial charge >= 0.3 is 0 Å². The lowest BCUT2D eigenvalue weighted by atomic mass is 9.66. The molecule has 2 aliphatic heterocycles. The fourth-order valence-corrected chi connectivity index (χ4v) is 5.09. The molecular weight excluding hydrogens is 356 g/mol. The van der Waals surface area contributed by atoms with E-state index in [1.807, 2.05) is 11.8 Å². The molecule has 2 heterocycles. The smallest absolute Gasteiger partial charge is 0.254 e. The molecule has 152 valence electrons. The molecular formula is C22H30N2O4. The highest BCUT2D eigenvalue weighted by Gasteiger charge is 2.51. The summed E-state index contributed by atoms with van der Waals surface area (Å²) >= 11 is 0. The van der Waals surface area contributed by atoms with Crippen LogP contribution in [0.3, 0.4) is 0 Å². The van der Waals surface area contributed by atoms with Gasteiger partial charge in [0.25, 0.3) is 5.91 Å². The average molecular weight is 386 g/mol. The standard InChI is InChI=1S/C22H30N2O4/c1-3-28-18-13-22(14-18)10-12-23(15-22)21(26)19-5-4-11-24(19)20(25)16-6-8-17(27-2)9-7-16/h6-9,18-19H,3-5,10-15H2,1-2H3. The van der Waals surface area contributed by atoms with Gasteiger partial charge in [-0.3, -0.25) is 9.59 Å². The first kappa shape index (κ1) is 19.2. The van der Waals surface area contributed by atoms with Crippen LogP contribution in [0.4, 0.5) is 0 Å². The highest BCUT2D eigenvalue weighted by atomic mass is 16.5. The van der Waals surface area contributed by atoms with E-state index in [1.165, 1.54) is 0 Å². The normalized spacial score (nSPS) is 29.2. The molecule has 28 heavy (non-hydrogen) atoms. The molecule has 1 saturated carbocycles. The fourth-order valence-electron chi connectivity index (χ4n) is 5.09. The molecule has 3 aliphatic rings. The molecule has 2 saturated heterocycles. The van der Waals surface area contributed by atoms with Gasteiger partial charge in [0.2, 0.25) is 5.91 Å². The lowest BCUT2D eigenvalue weighted by Crippen LogP contribution is -2.49. The molecule has 1 aromatic carbocycles. The number of hydrogen-bond acceptors (Lipinski definition) is 4. The minimum absolute atomic E-state index is 0.0625. The van der Waals surface area contributed by atoms with Crippen LogP contribution in [0.15, 0.2) is 24.3 Å². The molecule has 1 atom stereocenters. The first-order valence-corrected chi connectivity index (χ1v) is 10.4. The predicted molar refractivity (Wildman–Crippen MR) is 105 cm³/mol. The van der Waals surface area contributed by atoms with Crippen LogP contribution < -0.4 is 4.74 Å². The predicted octanol–water partition coefficient (Wildman–Crippen LogP) is 2.72. The van der Waals surface area contributed by atoms with Gasteiger partial charge in [-0.05, 0) is 68.7 Å². The molecule has 0 N–H and O–H groups in total. The van der Waals surface area contributed by atoms with E-state index < -0.39 is 0 Å². The summed E-state index contributed by atoms with van der Waals surface area (Å²) in [5.41, 5.74) is 0.857. The van der Waals surface area contributed by atoms with Gasteiger partial charge in [-0.1, -0.05) is 0 Å². The molecule has 0 bridgehead atoms. The number of rotatable bonds is 5. The second-order valence-electron chi connectivity index (χ2n) is 8.38. The Hall–Kier alpha value is -2.08. The maximum atomic E-state index is 13.2. The average Bonchev–Trinajstić information content (AvgIpc) is 3.35. The maximum absolute atomic E-state index is 13.2. The van der Waals surface area contributed by atoms with E-state index in [0.29, 0.717) is 18.2 Å². The van der Waals surface area contributed by atoms with Gasteiger partial charge in [0.1, 0.15) is 11.8 Å². The van der Waals surface area contributed by atoms with Gasteiger partial charge in [0.05, 0.1) is 13.2 Å². The molecule has 1 aromatic rings. The largest absolute Gasteiger partial charge is 0.497 e. The summed E-state index contributed by atoms with van der Waals surface area (Å²) in [7, 11) is 1.60. The minimum atomic E-state index is -0.326. The van der Waals surface area contributed by atoms with Crippen molar-refractivity contribution in [1.29, 1.82) is 0 Å². The lowest BCUT2D eigenvalue weighted by Gasteiger charge is -2.44. The zero-order chi connectivity index (χ0) is 19.7. The van der Waals surface area contributed by atoms with Gasteiger partial charge in [-0.25, -0.2) is 0 Å². The number of amides is 2. The Morgan fingerprint density at radius 1 is 1.18 bits per heavy atom. The van der Waals surface area contributed by atoms with Crippen molar-refractivity contribution in [1.82, 2.24) is 9.80 Å². The monoisotopic (exact) mass is 386 g/mol. The van der Waals surface area contributed by atoms with Crippen LogP contribution in [0.25, 0.3) is 0 Å². The highest BCUT2D eigenvalue weighted by molar-refractivity contribution is 5.98. The topological polar surface area (TPSA) is 59.1 Å². The van der Waals surface area contributed by atoms with Gasteiger partial charge < -0.3 is 19.3 Å². The van der Waals surface area contributed by atoms with Crippen LogP contribution in [0, 0.1) is 5.41 Å². The molecule has 1 aliphatic carbocycles. The Balaban J connectivity index is 1.39. The molecule has 4 rings (SSSR count). The lowest BCUT2D eigenvalue weighted by molar-refractivity contribution is -0.136. The summed E-state index contributed by atoms with van der Waals surface area (Å²) in [5.74, 6) is 0.780. The Morgan fingerprint density at radius 3 is 2.61 bits per heavy atom. The summed E-state index contributed by atoms with van der Waals surface area (Å²) in [6, 6.07) is 6.79. The maximum Gasteiger partial charge on any atom is 0.254 e. The fraction of sp³-hybridized carbons (Fsp3) is 0.636. The first-order chi connectivity index (χ1) is 13.5. The zero-order valence-electron chi connectivity index (χ0n) is 16.9. The summed E-state index contributed by atoms with van der Waals surface area (Å²) in [6.45, 7) is 5.06. The molecule has 2 amide bonds. The van der Waals surface area contributed by atoms with Crippen LogP contribution >= 0.6 is 0 Å². The molecule has 0 aromatic heterocycles. The van der Waals surface area contributed by atoms with Crippen molar-refractivity contribution in [2.45, 2.75) is 51.2 Å². The molecule has 1 unspecified atom stereocenters. The quantitative estimate of drug-likeness (QED) is 0.781. The summed E-state index contributed by atoms with van der Waals surface area (Å²) in [4.78, 5) is 29.9. The minimum Gasteiger partial charge on any atom is -0.497 e. The molecule has 3 fully saturated rings. The van der Waals surface area contributed by atoms with Crippen molar-refractivity contribution in [3.63, 3.8) is 0 Å². The van der Waals surface area contributed by atoms with Gasteiger partial charge in [0, 0.05) is 31.8 Å². The SMILES string of the molecule is CCOC1CC2(CCN(C(=O)C3CCCN3C(=O)c3ccc(OC)cc3)C2)C1.